The summed E-state index contributed by atoms with van der Waals surface area (Å²) in [6.45, 7) is 4.13. The average molecular weight is 316 g/mol. The van der Waals surface area contributed by atoms with Crippen LogP contribution in [0, 0.1) is 11.2 Å². The second-order valence-corrected chi connectivity index (χ2v) is 8.19. The third kappa shape index (κ3) is 3.99. The Bertz CT molecular complexity index is 606. The monoisotopic (exact) mass is 316 g/mol. The number of pyridine rings is 1. The Hall–Kier alpha value is -1.05. The van der Waals surface area contributed by atoms with E-state index in [-0.39, 0.29) is 12.0 Å². The van der Waals surface area contributed by atoms with Crippen molar-refractivity contribution in [2.75, 3.05) is 6.54 Å². The first-order valence-corrected chi connectivity index (χ1v) is 8.45. The van der Waals surface area contributed by atoms with Crippen LogP contribution in [-0.2, 0) is 10.0 Å². The number of hydrogen-bond acceptors (Lipinski definition) is 4. The van der Waals surface area contributed by atoms with E-state index in [0.29, 0.717) is 12.8 Å². The van der Waals surface area contributed by atoms with E-state index in [1.807, 2.05) is 0 Å². The third-order valence-corrected chi connectivity index (χ3v) is 5.44. The van der Waals surface area contributed by atoms with Crippen LogP contribution in [0.4, 0.5) is 4.39 Å². The van der Waals surface area contributed by atoms with Crippen molar-refractivity contribution in [2.24, 2.45) is 5.41 Å². The highest BCUT2D eigenvalue weighted by Gasteiger charge is 2.37. The average Bonchev–Trinajstić information content (AvgIpc) is 2.41. The molecule has 0 unspecified atom stereocenters. The second kappa shape index (κ2) is 5.62. The lowest BCUT2D eigenvalue weighted by Crippen LogP contribution is -2.46. The molecule has 118 valence electrons. The number of rotatable bonds is 4. The van der Waals surface area contributed by atoms with Crippen LogP contribution in [0.2, 0.25) is 0 Å². The van der Waals surface area contributed by atoms with Gasteiger partial charge in [-0.25, -0.2) is 22.5 Å². The Balaban J connectivity index is 2.04. The standard InChI is InChI=1S/C14H21FN2O3S/c1-13(2)5-7-14(18,8-6-13)10-17-21(19,20)12-11(15)4-3-9-16-12/h3-4,9,17-18H,5-8,10H2,1-2H3. The number of nitrogens with one attached hydrogen (secondary N) is 1. The molecule has 5 nitrogen and oxygen atoms in total. The van der Waals surface area contributed by atoms with E-state index in [1.54, 1.807) is 0 Å². The van der Waals surface area contributed by atoms with Gasteiger partial charge in [-0.2, -0.15) is 0 Å². The maximum Gasteiger partial charge on any atom is 0.261 e. The van der Waals surface area contributed by atoms with Crippen molar-refractivity contribution in [1.82, 2.24) is 9.71 Å². The van der Waals surface area contributed by atoms with Crippen LogP contribution in [0.5, 0.6) is 0 Å². The maximum absolute atomic E-state index is 13.5. The number of nitrogens with zero attached hydrogens (tertiary/aromatic N) is 1. The van der Waals surface area contributed by atoms with E-state index in [2.05, 4.69) is 23.6 Å². The molecule has 0 radical (unpaired) electrons. The van der Waals surface area contributed by atoms with Crippen molar-refractivity contribution >= 4 is 10.0 Å². The Morgan fingerprint density at radius 2 is 1.95 bits per heavy atom. The molecule has 2 N–H and O–H groups in total. The molecule has 1 fully saturated rings. The lowest BCUT2D eigenvalue weighted by molar-refractivity contribution is -0.0206. The normalized spacial score (nSPS) is 21.1. The Labute approximate surface area is 124 Å². The number of hydrogen-bond donors (Lipinski definition) is 2. The molecule has 1 saturated carbocycles. The van der Waals surface area contributed by atoms with Crippen molar-refractivity contribution in [3.05, 3.63) is 24.1 Å². The largest absolute Gasteiger partial charge is 0.389 e. The number of aliphatic hydroxyl groups is 1. The molecule has 0 spiro atoms. The maximum atomic E-state index is 13.5. The fraction of sp³-hybridized carbons (Fsp3) is 0.643. The van der Waals surface area contributed by atoms with Crippen LogP contribution in [0.15, 0.2) is 23.4 Å². The fourth-order valence-corrected chi connectivity index (χ4v) is 3.56. The molecule has 0 saturated heterocycles. The van der Waals surface area contributed by atoms with Gasteiger partial charge < -0.3 is 5.11 Å². The zero-order chi connectivity index (χ0) is 15.7. The Morgan fingerprint density at radius 3 is 2.52 bits per heavy atom. The van der Waals surface area contributed by atoms with Crippen molar-refractivity contribution in [1.29, 1.82) is 0 Å². The predicted octanol–water partition coefficient (Wildman–Crippen LogP) is 1.83. The minimum absolute atomic E-state index is 0.124. The van der Waals surface area contributed by atoms with Gasteiger partial charge in [0.1, 0.15) is 0 Å². The highest BCUT2D eigenvalue weighted by Crippen LogP contribution is 2.39. The zero-order valence-corrected chi connectivity index (χ0v) is 13.1. The van der Waals surface area contributed by atoms with Crippen molar-refractivity contribution in [2.45, 2.75) is 50.2 Å². The minimum atomic E-state index is -4.05. The summed E-state index contributed by atoms with van der Waals surface area (Å²) >= 11 is 0. The van der Waals surface area contributed by atoms with Crippen LogP contribution in [0.3, 0.4) is 0 Å². The van der Waals surface area contributed by atoms with Gasteiger partial charge in [-0.15, -0.1) is 0 Å². The molecule has 1 heterocycles. The molecule has 0 amide bonds. The first-order valence-electron chi connectivity index (χ1n) is 6.96. The van der Waals surface area contributed by atoms with Crippen LogP contribution >= 0.6 is 0 Å². The lowest BCUT2D eigenvalue weighted by atomic mass is 9.71. The quantitative estimate of drug-likeness (QED) is 0.888. The molecule has 0 aliphatic heterocycles. The molecule has 0 atom stereocenters. The summed E-state index contributed by atoms with van der Waals surface area (Å²) < 4.78 is 39.9. The molecule has 1 aliphatic carbocycles. The van der Waals surface area contributed by atoms with Gasteiger partial charge in [0.25, 0.3) is 10.0 Å². The van der Waals surface area contributed by atoms with Crippen molar-refractivity contribution in [3.63, 3.8) is 0 Å². The number of aromatic nitrogens is 1. The molecular weight excluding hydrogens is 295 g/mol. The number of halogens is 1. The lowest BCUT2D eigenvalue weighted by Gasteiger charge is -2.40. The summed E-state index contributed by atoms with van der Waals surface area (Å²) in [7, 11) is -4.05. The third-order valence-electron chi connectivity index (χ3n) is 4.10. The SMILES string of the molecule is CC1(C)CCC(O)(CNS(=O)(=O)c2ncccc2F)CC1. The smallest absolute Gasteiger partial charge is 0.261 e. The molecule has 1 aliphatic rings. The first-order chi connectivity index (χ1) is 9.64. The van der Waals surface area contributed by atoms with Gasteiger partial charge in [0, 0.05) is 12.7 Å². The Kier molecular flexibility index (Phi) is 4.37. The molecular formula is C14H21FN2O3S. The van der Waals surface area contributed by atoms with Crippen LogP contribution in [0.25, 0.3) is 0 Å². The second-order valence-electron chi connectivity index (χ2n) is 6.50. The summed E-state index contributed by atoms with van der Waals surface area (Å²) in [5.41, 5.74) is -0.911. The molecule has 1 aromatic rings. The van der Waals surface area contributed by atoms with Crippen molar-refractivity contribution < 1.29 is 17.9 Å². The summed E-state index contributed by atoms with van der Waals surface area (Å²) in [4.78, 5) is 3.55. The predicted molar refractivity (Wildman–Crippen MR) is 76.6 cm³/mol. The van der Waals surface area contributed by atoms with Gasteiger partial charge in [0.05, 0.1) is 5.60 Å². The zero-order valence-electron chi connectivity index (χ0n) is 12.3. The van der Waals surface area contributed by atoms with Gasteiger partial charge in [0.2, 0.25) is 5.03 Å². The molecule has 2 rings (SSSR count). The molecule has 0 aromatic carbocycles. The van der Waals surface area contributed by atoms with Gasteiger partial charge in [-0.3, -0.25) is 0 Å². The van der Waals surface area contributed by atoms with E-state index in [9.17, 15) is 17.9 Å². The highest BCUT2D eigenvalue weighted by atomic mass is 32.2. The first kappa shape index (κ1) is 16.3. The summed E-state index contributed by atoms with van der Waals surface area (Å²) in [5.74, 6) is -0.901. The van der Waals surface area contributed by atoms with Gasteiger partial charge >= 0.3 is 0 Å². The summed E-state index contributed by atoms with van der Waals surface area (Å²) in [6.07, 6.45) is 3.91. The van der Waals surface area contributed by atoms with E-state index in [1.165, 1.54) is 12.3 Å². The highest BCUT2D eigenvalue weighted by molar-refractivity contribution is 7.89. The molecule has 1 aromatic heterocycles. The van der Waals surface area contributed by atoms with Crippen LogP contribution in [0.1, 0.15) is 39.5 Å². The van der Waals surface area contributed by atoms with Crippen LogP contribution in [-0.4, -0.2) is 30.7 Å². The van der Waals surface area contributed by atoms with Gasteiger partial charge in [-0.1, -0.05) is 13.8 Å². The van der Waals surface area contributed by atoms with Crippen molar-refractivity contribution in [3.8, 4) is 0 Å². The van der Waals surface area contributed by atoms with E-state index < -0.39 is 26.5 Å². The number of sulfonamides is 1. The van der Waals surface area contributed by atoms with E-state index in [4.69, 9.17) is 0 Å². The molecule has 21 heavy (non-hydrogen) atoms. The van der Waals surface area contributed by atoms with E-state index >= 15 is 0 Å². The molecule has 0 bridgehead atoms. The van der Waals surface area contributed by atoms with E-state index in [0.717, 1.165) is 18.9 Å². The Morgan fingerprint density at radius 1 is 1.33 bits per heavy atom. The van der Waals surface area contributed by atoms with Crippen LogP contribution < -0.4 is 4.72 Å². The summed E-state index contributed by atoms with van der Waals surface area (Å²) in [6, 6.07) is 2.37. The summed E-state index contributed by atoms with van der Waals surface area (Å²) in [5, 5.41) is 9.81. The minimum Gasteiger partial charge on any atom is -0.389 e. The topological polar surface area (TPSA) is 79.3 Å². The fourth-order valence-electron chi connectivity index (χ4n) is 2.44. The van der Waals surface area contributed by atoms with Gasteiger partial charge in [-0.05, 0) is 43.2 Å². The van der Waals surface area contributed by atoms with Gasteiger partial charge in [0.15, 0.2) is 5.82 Å². The molecule has 7 heteroatoms.